The molecule has 0 aliphatic rings. The van der Waals surface area contributed by atoms with Gasteiger partial charge in [0.1, 0.15) is 6.54 Å². The van der Waals surface area contributed by atoms with Crippen LogP contribution in [0.4, 0.5) is 0 Å². The van der Waals surface area contributed by atoms with E-state index in [-0.39, 0.29) is 5.91 Å². The molecule has 0 saturated heterocycles. The molecule has 4 nitrogen and oxygen atoms in total. The van der Waals surface area contributed by atoms with Gasteiger partial charge >= 0.3 is 0 Å². The van der Waals surface area contributed by atoms with Gasteiger partial charge in [-0.25, -0.2) is 0 Å². The monoisotopic (exact) mass is 195 g/mol. The van der Waals surface area contributed by atoms with Crippen molar-refractivity contribution in [3.05, 3.63) is 17.0 Å². The van der Waals surface area contributed by atoms with Crippen LogP contribution in [-0.2, 0) is 11.3 Å². The zero-order valence-electron chi connectivity index (χ0n) is 9.46. The van der Waals surface area contributed by atoms with Crippen molar-refractivity contribution in [2.24, 2.45) is 0 Å². The van der Waals surface area contributed by atoms with Crippen LogP contribution in [0.3, 0.4) is 0 Å². The van der Waals surface area contributed by atoms with Gasteiger partial charge in [0.25, 0.3) is 0 Å². The lowest BCUT2D eigenvalue weighted by molar-refractivity contribution is -0.129. The Bertz CT molecular complexity index is 352. The van der Waals surface area contributed by atoms with Crippen LogP contribution in [0, 0.1) is 20.8 Å². The van der Waals surface area contributed by atoms with Gasteiger partial charge in [-0.05, 0) is 26.3 Å². The molecule has 1 rings (SSSR count). The summed E-state index contributed by atoms with van der Waals surface area (Å²) in [6, 6.07) is 0. The third-order valence-corrected chi connectivity index (χ3v) is 2.53. The first-order chi connectivity index (χ1) is 6.43. The highest BCUT2D eigenvalue weighted by molar-refractivity contribution is 5.75. The molecule has 0 saturated carbocycles. The van der Waals surface area contributed by atoms with E-state index in [4.69, 9.17) is 0 Å². The highest BCUT2D eigenvalue weighted by Gasteiger charge is 2.11. The van der Waals surface area contributed by atoms with Crippen LogP contribution < -0.4 is 0 Å². The molecule has 14 heavy (non-hydrogen) atoms. The van der Waals surface area contributed by atoms with E-state index >= 15 is 0 Å². The average Bonchev–Trinajstić information content (AvgIpc) is 2.33. The van der Waals surface area contributed by atoms with Crippen LogP contribution >= 0.6 is 0 Å². The Morgan fingerprint density at radius 1 is 1.36 bits per heavy atom. The number of aromatic nitrogens is 2. The molecule has 0 fully saturated rings. The lowest BCUT2D eigenvalue weighted by atomic mass is 10.2. The van der Waals surface area contributed by atoms with Crippen LogP contribution in [0.25, 0.3) is 0 Å². The lowest BCUT2D eigenvalue weighted by Crippen LogP contribution is -2.27. The van der Waals surface area contributed by atoms with E-state index in [1.165, 1.54) is 0 Å². The summed E-state index contributed by atoms with van der Waals surface area (Å²) in [6.07, 6.45) is 0. The Kier molecular flexibility index (Phi) is 2.93. The van der Waals surface area contributed by atoms with Gasteiger partial charge in [-0.2, -0.15) is 5.10 Å². The smallest absolute Gasteiger partial charge is 0.243 e. The number of amides is 1. The summed E-state index contributed by atoms with van der Waals surface area (Å²) < 4.78 is 1.76. The van der Waals surface area contributed by atoms with Crippen molar-refractivity contribution in [2.75, 3.05) is 14.1 Å². The number of nitrogens with zero attached hydrogens (tertiary/aromatic N) is 3. The molecule has 0 atom stereocenters. The number of aryl methyl sites for hydroxylation is 1. The van der Waals surface area contributed by atoms with E-state index in [1.54, 1.807) is 23.7 Å². The van der Waals surface area contributed by atoms with Gasteiger partial charge in [-0.3, -0.25) is 9.48 Å². The average molecular weight is 195 g/mol. The van der Waals surface area contributed by atoms with Crippen LogP contribution in [0.5, 0.6) is 0 Å². The highest BCUT2D eigenvalue weighted by Crippen LogP contribution is 2.10. The molecular formula is C10H17N3O. The number of hydrogen-bond acceptors (Lipinski definition) is 2. The van der Waals surface area contributed by atoms with Crippen molar-refractivity contribution < 1.29 is 4.79 Å². The summed E-state index contributed by atoms with van der Waals surface area (Å²) in [5.74, 6) is 0.0654. The summed E-state index contributed by atoms with van der Waals surface area (Å²) in [6.45, 7) is 6.29. The molecule has 0 aromatic carbocycles. The van der Waals surface area contributed by atoms with Gasteiger partial charge < -0.3 is 4.90 Å². The van der Waals surface area contributed by atoms with E-state index in [2.05, 4.69) is 5.10 Å². The minimum absolute atomic E-state index is 0.0654. The van der Waals surface area contributed by atoms with E-state index in [0.717, 1.165) is 17.0 Å². The molecule has 1 aromatic heterocycles. The third kappa shape index (κ3) is 1.95. The van der Waals surface area contributed by atoms with Crippen molar-refractivity contribution in [1.82, 2.24) is 14.7 Å². The Labute approximate surface area is 84.5 Å². The second-order valence-corrected chi connectivity index (χ2v) is 3.74. The normalized spacial score (nSPS) is 10.4. The van der Waals surface area contributed by atoms with Gasteiger partial charge in [-0.15, -0.1) is 0 Å². The number of carbonyl (C=O) groups is 1. The lowest BCUT2D eigenvalue weighted by Gasteiger charge is -2.10. The Hall–Kier alpha value is -1.32. The highest BCUT2D eigenvalue weighted by atomic mass is 16.2. The minimum atomic E-state index is 0.0654. The summed E-state index contributed by atoms with van der Waals surface area (Å²) in [5, 5.41) is 4.30. The standard InChI is InChI=1S/C10H17N3O/c1-7-8(2)11-13(9(7)3)6-10(14)12(4)5/h6H2,1-5H3. The molecule has 0 bridgehead atoms. The largest absolute Gasteiger partial charge is 0.347 e. The molecule has 4 heteroatoms. The molecule has 1 heterocycles. The van der Waals surface area contributed by atoms with E-state index < -0.39 is 0 Å². The van der Waals surface area contributed by atoms with Crippen molar-refractivity contribution in [1.29, 1.82) is 0 Å². The number of carbonyl (C=O) groups excluding carboxylic acids is 1. The maximum Gasteiger partial charge on any atom is 0.243 e. The molecule has 0 N–H and O–H groups in total. The number of likely N-dealkylation sites (N-methyl/N-ethyl adjacent to an activating group) is 1. The maximum absolute atomic E-state index is 11.5. The SMILES string of the molecule is Cc1nn(CC(=O)N(C)C)c(C)c1C. The molecule has 78 valence electrons. The third-order valence-electron chi connectivity index (χ3n) is 2.53. The first kappa shape index (κ1) is 10.8. The van der Waals surface area contributed by atoms with Crippen molar-refractivity contribution in [3.8, 4) is 0 Å². The minimum Gasteiger partial charge on any atom is -0.347 e. The zero-order valence-corrected chi connectivity index (χ0v) is 9.46. The van der Waals surface area contributed by atoms with Gasteiger partial charge in [0.2, 0.25) is 5.91 Å². The van der Waals surface area contributed by atoms with Gasteiger partial charge in [0.05, 0.1) is 5.69 Å². The summed E-state index contributed by atoms with van der Waals surface area (Å²) in [7, 11) is 3.50. The fourth-order valence-corrected chi connectivity index (χ4v) is 1.21. The molecule has 0 aliphatic carbocycles. The second kappa shape index (κ2) is 3.82. The zero-order chi connectivity index (χ0) is 10.9. The van der Waals surface area contributed by atoms with Crippen molar-refractivity contribution in [3.63, 3.8) is 0 Å². The van der Waals surface area contributed by atoms with Gasteiger partial charge in [0.15, 0.2) is 0 Å². The van der Waals surface area contributed by atoms with E-state index in [1.807, 2.05) is 20.8 Å². The maximum atomic E-state index is 11.5. The predicted octanol–water partition coefficient (Wildman–Crippen LogP) is 0.897. The molecule has 1 amide bonds. The molecule has 0 spiro atoms. The summed E-state index contributed by atoms with van der Waals surface area (Å²) >= 11 is 0. The second-order valence-electron chi connectivity index (χ2n) is 3.74. The molecule has 0 radical (unpaired) electrons. The molecule has 1 aromatic rings. The quantitative estimate of drug-likeness (QED) is 0.703. The number of hydrogen-bond donors (Lipinski definition) is 0. The van der Waals surface area contributed by atoms with Gasteiger partial charge in [-0.1, -0.05) is 0 Å². The van der Waals surface area contributed by atoms with Crippen LogP contribution in [0.1, 0.15) is 17.0 Å². The Balaban J connectivity index is 2.88. The van der Waals surface area contributed by atoms with E-state index in [0.29, 0.717) is 6.54 Å². The van der Waals surface area contributed by atoms with Crippen LogP contribution in [0.2, 0.25) is 0 Å². The van der Waals surface area contributed by atoms with Gasteiger partial charge in [0, 0.05) is 19.8 Å². The van der Waals surface area contributed by atoms with Crippen molar-refractivity contribution >= 4 is 5.91 Å². The van der Waals surface area contributed by atoms with Crippen LogP contribution in [0.15, 0.2) is 0 Å². The fraction of sp³-hybridized carbons (Fsp3) is 0.600. The predicted molar refractivity (Wildman–Crippen MR) is 55.1 cm³/mol. The fourth-order valence-electron chi connectivity index (χ4n) is 1.21. The topological polar surface area (TPSA) is 38.1 Å². The molecule has 0 aliphatic heterocycles. The van der Waals surface area contributed by atoms with Crippen molar-refractivity contribution in [2.45, 2.75) is 27.3 Å². The first-order valence-electron chi connectivity index (χ1n) is 4.64. The van der Waals surface area contributed by atoms with Crippen LogP contribution in [-0.4, -0.2) is 34.7 Å². The Morgan fingerprint density at radius 2 is 1.93 bits per heavy atom. The molecule has 0 unspecified atom stereocenters. The number of rotatable bonds is 2. The molecular weight excluding hydrogens is 178 g/mol. The Morgan fingerprint density at radius 3 is 2.29 bits per heavy atom. The first-order valence-corrected chi connectivity index (χ1v) is 4.64. The summed E-state index contributed by atoms with van der Waals surface area (Å²) in [5.41, 5.74) is 3.23. The van der Waals surface area contributed by atoms with E-state index in [9.17, 15) is 4.79 Å². The summed E-state index contributed by atoms with van der Waals surface area (Å²) in [4.78, 5) is 13.0.